The monoisotopic (exact) mass is 320 g/mol. The van der Waals surface area contributed by atoms with Gasteiger partial charge in [-0.05, 0) is 30.7 Å². The van der Waals surface area contributed by atoms with Crippen LogP contribution in [0.4, 0.5) is 5.95 Å². The Balaban J connectivity index is 1.72. The standard InChI is InChI=1S/C19H20N4O/c1-2-13-24-18-9-4-3-7-15(18)14-22-19-21-12-10-17(23-19)16-8-5-6-11-20-16/h3-12H,2,13-14H2,1H3,(H,21,22,23). The van der Waals surface area contributed by atoms with E-state index in [1.165, 1.54) is 0 Å². The Hall–Kier alpha value is -2.95. The van der Waals surface area contributed by atoms with Gasteiger partial charge in [0.25, 0.3) is 0 Å². The Morgan fingerprint density at radius 1 is 0.917 bits per heavy atom. The molecule has 0 spiro atoms. The van der Waals surface area contributed by atoms with Gasteiger partial charge in [-0.3, -0.25) is 4.98 Å². The van der Waals surface area contributed by atoms with Gasteiger partial charge in [-0.2, -0.15) is 0 Å². The quantitative estimate of drug-likeness (QED) is 0.714. The van der Waals surface area contributed by atoms with Crippen molar-refractivity contribution in [3.8, 4) is 17.1 Å². The van der Waals surface area contributed by atoms with Crippen LogP contribution in [0.5, 0.6) is 5.75 Å². The molecule has 122 valence electrons. The second kappa shape index (κ2) is 8.06. The molecule has 0 atom stereocenters. The Morgan fingerprint density at radius 2 is 1.79 bits per heavy atom. The lowest BCUT2D eigenvalue weighted by Crippen LogP contribution is -2.06. The minimum Gasteiger partial charge on any atom is -0.493 e. The van der Waals surface area contributed by atoms with Gasteiger partial charge in [0.2, 0.25) is 5.95 Å². The van der Waals surface area contributed by atoms with Gasteiger partial charge >= 0.3 is 0 Å². The van der Waals surface area contributed by atoms with Gasteiger partial charge in [0.15, 0.2) is 0 Å². The van der Waals surface area contributed by atoms with E-state index < -0.39 is 0 Å². The molecule has 3 aromatic rings. The summed E-state index contributed by atoms with van der Waals surface area (Å²) in [6, 6.07) is 15.6. The maximum Gasteiger partial charge on any atom is 0.223 e. The molecule has 0 amide bonds. The molecular weight excluding hydrogens is 300 g/mol. The van der Waals surface area contributed by atoms with Crippen LogP contribution in [0.3, 0.4) is 0 Å². The van der Waals surface area contributed by atoms with E-state index in [1.807, 2.05) is 48.5 Å². The molecule has 0 saturated heterocycles. The number of pyridine rings is 1. The second-order valence-corrected chi connectivity index (χ2v) is 5.29. The van der Waals surface area contributed by atoms with E-state index in [-0.39, 0.29) is 0 Å². The number of hydrogen-bond donors (Lipinski definition) is 1. The summed E-state index contributed by atoms with van der Waals surface area (Å²) in [5.74, 6) is 1.47. The number of anilines is 1. The first kappa shape index (κ1) is 15.9. The molecule has 1 aromatic carbocycles. The van der Waals surface area contributed by atoms with Crippen molar-refractivity contribution in [3.05, 3.63) is 66.5 Å². The second-order valence-electron chi connectivity index (χ2n) is 5.29. The summed E-state index contributed by atoms with van der Waals surface area (Å²) in [4.78, 5) is 13.1. The van der Waals surface area contributed by atoms with Gasteiger partial charge in [0, 0.05) is 24.5 Å². The van der Waals surface area contributed by atoms with E-state index >= 15 is 0 Å². The molecule has 0 bridgehead atoms. The van der Waals surface area contributed by atoms with E-state index in [0.29, 0.717) is 19.1 Å². The highest BCUT2D eigenvalue weighted by Crippen LogP contribution is 2.20. The highest BCUT2D eigenvalue weighted by Gasteiger charge is 2.05. The highest BCUT2D eigenvalue weighted by molar-refractivity contribution is 5.54. The first-order valence-corrected chi connectivity index (χ1v) is 8.06. The number of nitrogens with one attached hydrogen (secondary N) is 1. The lowest BCUT2D eigenvalue weighted by molar-refractivity contribution is 0.314. The summed E-state index contributed by atoms with van der Waals surface area (Å²) in [5.41, 5.74) is 2.70. The van der Waals surface area contributed by atoms with Crippen molar-refractivity contribution < 1.29 is 4.74 Å². The van der Waals surface area contributed by atoms with Gasteiger partial charge in [-0.15, -0.1) is 0 Å². The zero-order chi connectivity index (χ0) is 16.6. The molecule has 2 aromatic heterocycles. The molecular formula is C19H20N4O. The van der Waals surface area contributed by atoms with E-state index in [4.69, 9.17) is 4.74 Å². The van der Waals surface area contributed by atoms with Crippen LogP contribution in [0.1, 0.15) is 18.9 Å². The fraction of sp³-hybridized carbons (Fsp3) is 0.211. The highest BCUT2D eigenvalue weighted by atomic mass is 16.5. The van der Waals surface area contributed by atoms with Crippen molar-refractivity contribution >= 4 is 5.95 Å². The lowest BCUT2D eigenvalue weighted by atomic mass is 10.2. The van der Waals surface area contributed by atoms with E-state index in [1.54, 1.807) is 12.4 Å². The zero-order valence-corrected chi connectivity index (χ0v) is 13.6. The third-order valence-electron chi connectivity index (χ3n) is 3.45. The summed E-state index contributed by atoms with van der Waals surface area (Å²) in [6.45, 7) is 3.41. The summed E-state index contributed by atoms with van der Waals surface area (Å²) >= 11 is 0. The van der Waals surface area contributed by atoms with Crippen molar-refractivity contribution in [1.29, 1.82) is 0 Å². The van der Waals surface area contributed by atoms with Crippen molar-refractivity contribution in [2.75, 3.05) is 11.9 Å². The molecule has 0 aliphatic heterocycles. The third-order valence-corrected chi connectivity index (χ3v) is 3.45. The Kier molecular flexibility index (Phi) is 5.35. The number of rotatable bonds is 7. The van der Waals surface area contributed by atoms with Gasteiger partial charge < -0.3 is 10.1 Å². The van der Waals surface area contributed by atoms with Crippen LogP contribution < -0.4 is 10.1 Å². The molecule has 3 rings (SSSR count). The Bertz CT molecular complexity index is 777. The minimum absolute atomic E-state index is 0.573. The molecule has 0 aliphatic carbocycles. The molecule has 0 unspecified atom stereocenters. The number of para-hydroxylation sites is 1. The topological polar surface area (TPSA) is 59.9 Å². The predicted octanol–water partition coefficient (Wildman–Crippen LogP) is 3.94. The lowest BCUT2D eigenvalue weighted by Gasteiger charge is -2.11. The molecule has 24 heavy (non-hydrogen) atoms. The summed E-state index contributed by atoms with van der Waals surface area (Å²) in [7, 11) is 0. The number of ether oxygens (including phenoxy) is 1. The van der Waals surface area contributed by atoms with Crippen LogP contribution in [-0.4, -0.2) is 21.6 Å². The predicted molar refractivity (Wildman–Crippen MR) is 94.8 cm³/mol. The third kappa shape index (κ3) is 4.07. The summed E-state index contributed by atoms with van der Waals surface area (Å²) in [6.07, 6.45) is 4.47. The van der Waals surface area contributed by atoms with Crippen molar-refractivity contribution in [1.82, 2.24) is 15.0 Å². The molecule has 5 heteroatoms. The number of benzene rings is 1. The van der Waals surface area contributed by atoms with Crippen molar-refractivity contribution in [2.45, 2.75) is 19.9 Å². The molecule has 2 heterocycles. The minimum atomic E-state index is 0.573. The van der Waals surface area contributed by atoms with Crippen molar-refractivity contribution in [3.63, 3.8) is 0 Å². The fourth-order valence-electron chi connectivity index (χ4n) is 2.28. The van der Waals surface area contributed by atoms with Crippen LogP contribution in [0.25, 0.3) is 11.4 Å². The number of aromatic nitrogens is 3. The SMILES string of the molecule is CCCOc1ccccc1CNc1nccc(-c2ccccn2)n1. The van der Waals surface area contributed by atoms with Gasteiger partial charge in [0.05, 0.1) is 18.0 Å². The van der Waals surface area contributed by atoms with E-state index in [0.717, 1.165) is 29.1 Å². The first-order valence-electron chi connectivity index (χ1n) is 8.06. The molecule has 0 fully saturated rings. The molecule has 0 saturated carbocycles. The van der Waals surface area contributed by atoms with Crippen molar-refractivity contribution in [2.24, 2.45) is 0 Å². The smallest absolute Gasteiger partial charge is 0.223 e. The van der Waals surface area contributed by atoms with Gasteiger partial charge in [0.1, 0.15) is 5.75 Å². The Morgan fingerprint density at radius 3 is 2.62 bits per heavy atom. The zero-order valence-electron chi connectivity index (χ0n) is 13.6. The molecule has 0 aliphatic rings. The maximum atomic E-state index is 5.78. The van der Waals surface area contributed by atoms with Crippen LogP contribution in [0, 0.1) is 0 Å². The van der Waals surface area contributed by atoms with E-state index in [2.05, 4.69) is 27.2 Å². The largest absolute Gasteiger partial charge is 0.493 e. The normalized spacial score (nSPS) is 10.4. The number of nitrogens with zero attached hydrogens (tertiary/aromatic N) is 3. The fourth-order valence-corrected chi connectivity index (χ4v) is 2.28. The van der Waals surface area contributed by atoms with Crippen LogP contribution in [0.2, 0.25) is 0 Å². The maximum absolute atomic E-state index is 5.78. The molecule has 0 radical (unpaired) electrons. The van der Waals surface area contributed by atoms with Crippen LogP contribution in [-0.2, 0) is 6.54 Å². The van der Waals surface area contributed by atoms with Gasteiger partial charge in [-0.25, -0.2) is 9.97 Å². The van der Waals surface area contributed by atoms with Gasteiger partial charge in [-0.1, -0.05) is 31.2 Å². The molecule has 5 nitrogen and oxygen atoms in total. The first-order chi connectivity index (χ1) is 11.9. The Labute approximate surface area is 141 Å². The van der Waals surface area contributed by atoms with Crippen LogP contribution >= 0.6 is 0 Å². The average molecular weight is 320 g/mol. The van der Waals surface area contributed by atoms with E-state index in [9.17, 15) is 0 Å². The summed E-state index contributed by atoms with van der Waals surface area (Å²) < 4.78 is 5.78. The molecule has 1 N–H and O–H groups in total. The average Bonchev–Trinajstić information content (AvgIpc) is 2.66. The summed E-state index contributed by atoms with van der Waals surface area (Å²) in [5, 5.41) is 3.26. The van der Waals surface area contributed by atoms with Crippen LogP contribution in [0.15, 0.2) is 60.9 Å². The number of hydrogen-bond acceptors (Lipinski definition) is 5.